The zero-order valence-electron chi connectivity index (χ0n) is 8.16. The van der Waals surface area contributed by atoms with Gasteiger partial charge in [0, 0.05) is 0 Å². The van der Waals surface area contributed by atoms with Gasteiger partial charge in [-0.3, -0.25) is 0 Å². The molecule has 0 amide bonds. The van der Waals surface area contributed by atoms with Gasteiger partial charge in [-0.1, -0.05) is 19.6 Å². The van der Waals surface area contributed by atoms with Gasteiger partial charge in [-0.25, -0.2) is 4.85 Å². The van der Waals surface area contributed by atoms with E-state index in [2.05, 4.69) is 4.85 Å². The maximum Gasteiger partial charge on any atom is 0.187 e. The Kier molecular flexibility index (Phi) is 4.17. The summed E-state index contributed by atoms with van der Waals surface area (Å²) in [6.07, 6.45) is 0. The van der Waals surface area contributed by atoms with Crippen LogP contribution in [0.15, 0.2) is 24.3 Å². The van der Waals surface area contributed by atoms with Gasteiger partial charge in [-0.15, -0.1) is 0 Å². The normalized spacial score (nSPS) is 9.86. The Hall–Kier alpha value is -1.49. The smallest absolute Gasteiger partial charge is 0.187 e. The lowest BCUT2D eigenvalue weighted by molar-refractivity contribution is 0.131. The number of hydrogen-bond acceptors (Lipinski definition) is 1. The van der Waals surface area contributed by atoms with E-state index < -0.39 is 0 Å². The molecule has 1 aromatic carbocycles. The number of ether oxygens (including phenoxy) is 1. The molecule has 0 aliphatic carbocycles. The van der Waals surface area contributed by atoms with Gasteiger partial charge < -0.3 is 4.74 Å². The molecule has 0 saturated heterocycles. The van der Waals surface area contributed by atoms with Crippen molar-refractivity contribution in [3.8, 4) is 5.75 Å². The van der Waals surface area contributed by atoms with Crippen LogP contribution >= 0.6 is 0 Å². The zero-order valence-corrected chi connectivity index (χ0v) is 8.16. The van der Waals surface area contributed by atoms with Crippen molar-refractivity contribution >= 4 is 5.69 Å². The van der Waals surface area contributed by atoms with E-state index in [-0.39, 0.29) is 13.0 Å². The molecule has 0 spiro atoms. The van der Waals surface area contributed by atoms with E-state index in [1.54, 1.807) is 12.1 Å². The summed E-state index contributed by atoms with van der Waals surface area (Å²) in [5, 5.41) is 0. The standard InChI is InChI=1S/C11H13NO.CH4/c1-11(2,3)13-10-7-5-9(12-4)6-8-10;/h5-8H,1-3H3;1H4. The molecule has 0 saturated carbocycles. The van der Waals surface area contributed by atoms with E-state index in [1.807, 2.05) is 32.9 Å². The average molecular weight is 191 g/mol. The molecular formula is C12H17NO. The Labute approximate surface area is 86.3 Å². The van der Waals surface area contributed by atoms with Crippen LogP contribution in [-0.2, 0) is 0 Å². The van der Waals surface area contributed by atoms with Crippen LogP contribution in [0, 0.1) is 6.57 Å². The number of hydrogen-bond donors (Lipinski definition) is 0. The predicted octanol–water partition coefficient (Wildman–Crippen LogP) is 4.05. The number of nitrogens with zero attached hydrogens (tertiary/aromatic N) is 1. The van der Waals surface area contributed by atoms with Crippen LogP contribution < -0.4 is 4.74 Å². The number of rotatable bonds is 1. The van der Waals surface area contributed by atoms with Gasteiger partial charge in [0.15, 0.2) is 5.69 Å². The van der Waals surface area contributed by atoms with Crippen LogP contribution in [0.25, 0.3) is 4.85 Å². The first kappa shape index (κ1) is 12.5. The summed E-state index contributed by atoms with van der Waals surface area (Å²) in [7, 11) is 0. The van der Waals surface area contributed by atoms with Crippen molar-refractivity contribution in [2.24, 2.45) is 0 Å². The van der Waals surface area contributed by atoms with Crippen molar-refractivity contribution in [1.82, 2.24) is 0 Å². The highest BCUT2D eigenvalue weighted by atomic mass is 16.5. The Balaban J connectivity index is 0.00000169. The third-order valence-corrected chi connectivity index (χ3v) is 1.39. The molecule has 1 rings (SSSR count). The monoisotopic (exact) mass is 191 g/mol. The summed E-state index contributed by atoms with van der Waals surface area (Å²) < 4.78 is 5.60. The van der Waals surface area contributed by atoms with Gasteiger partial charge in [0.05, 0.1) is 6.57 Å². The minimum atomic E-state index is -0.181. The molecule has 0 atom stereocenters. The fourth-order valence-electron chi connectivity index (χ4n) is 0.942. The van der Waals surface area contributed by atoms with Crippen LogP contribution in [0.1, 0.15) is 28.2 Å². The van der Waals surface area contributed by atoms with Crippen molar-refractivity contribution in [1.29, 1.82) is 0 Å². The summed E-state index contributed by atoms with van der Waals surface area (Å²) >= 11 is 0. The Morgan fingerprint density at radius 2 is 1.64 bits per heavy atom. The molecule has 0 N–H and O–H groups in total. The van der Waals surface area contributed by atoms with Crippen molar-refractivity contribution < 1.29 is 4.74 Å². The first-order chi connectivity index (χ1) is 6.01. The van der Waals surface area contributed by atoms with E-state index in [1.165, 1.54) is 0 Å². The molecule has 0 fully saturated rings. The zero-order chi connectivity index (χ0) is 9.90. The summed E-state index contributed by atoms with van der Waals surface area (Å²) in [6.45, 7) is 12.8. The van der Waals surface area contributed by atoms with Gasteiger partial charge >= 0.3 is 0 Å². The van der Waals surface area contributed by atoms with Gasteiger partial charge in [0.1, 0.15) is 11.4 Å². The fourth-order valence-corrected chi connectivity index (χ4v) is 0.942. The second-order valence-corrected chi connectivity index (χ2v) is 3.82. The number of benzene rings is 1. The van der Waals surface area contributed by atoms with Gasteiger partial charge in [-0.05, 0) is 32.9 Å². The van der Waals surface area contributed by atoms with Crippen molar-refractivity contribution in [2.45, 2.75) is 33.8 Å². The fraction of sp³-hybridized carbons (Fsp3) is 0.417. The van der Waals surface area contributed by atoms with E-state index in [9.17, 15) is 0 Å². The Morgan fingerprint density at radius 1 is 1.14 bits per heavy atom. The lowest BCUT2D eigenvalue weighted by atomic mass is 10.2. The van der Waals surface area contributed by atoms with Crippen LogP contribution in [0.2, 0.25) is 0 Å². The molecule has 0 heterocycles. The molecule has 0 aromatic heterocycles. The third kappa shape index (κ3) is 3.95. The maximum atomic E-state index is 6.78. The minimum Gasteiger partial charge on any atom is -0.488 e. The molecular weight excluding hydrogens is 174 g/mol. The lowest BCUT2D eigenvalue weighted by Gasteiger charge is -2.21. The van der Waals surface area contributed by atoms with E-state index in [0.717, 1.165) is 5.75 Å². The predicted molar refractivity (Wildman–Crippen MR) is 59.8 cm³/mol. The molecule has 0 unspecified atom stereocenters. The molecule has 0 aliphatic heterocycles. The van der Waals surface area contributed by atoms with Crippen LogP contribution in [0.4, 0.5) is 5.69 Å². The molecule has 0 bridgehead atoms. The maximum absolute atomic E-state index is 6.78. The second-order valence-electron chi connectivity index (χ2n) is 3.82. The highest BCUT2D eigenvalue weighted by Crippen LogP contribution is 2.21. The molecule has 2 heteroatoms. The van der Waals surface area contributed by atoms with E-state index in [0.29, 0.717) is 5.69 Å². The topological polar surface area (TPSA) is 13.6 Å². The molecule has 0 radical (unpaired) electrons. The molecule has 76 valence electrons. The largest absolute Gasteiger partial charge is 0.488 e. The lowest BCUT2D eigenvalue weighted by Crippen LogP contribution is -2.22. The highest BCUT2D eigenvalue weighted by Gasteiger charge is 2.10. The third-order valence-electron chi connectivity index (χ3n) is 1.39. The minimum absolute atomic E-state index is 0. The highest BCUT2D eigenvalue weighted by molar-refractivity contribution is 5.47. The summed E-state index contributed by atoms with van der Waals surface area (Å²) in [5.74, 6) is 0.805. The van der Waals surface area contributed by atoms with Crippen LogP contribution in [0.3, 0.4) is 0 Å². The Bertz CT molecular complexity index is 314. The summed E-state index contributed by atoms with van der Waals surface area (Å²) in [6, 6.07) is 7.15. The van der Waals surface area contributed by atoms with Gasteiger partial charge in [0.25, 0.3) is 0 Å². The average Bonchev–Trinajstić information content (AvgIpc) is 2.03. The van der Waals surface area contributed by atoms with Crippen molar-refractivity contribution in [3.63, 3.8) is 0 Å². The summed E-state index contributed by atoms with van der Waals surface area (Å²) in [4.78, 5) is 3.30. The van der Waals surface area contributed by atoms with Crippen LogP contribution in [0.5, 0.6) is 5.75 Å². The van der Waals surface area contributed by atoms with Gasteiger partial charge in [0.2, 0.25) is 0 Å². The first-order valence-corrected chi connectivity index (χ1v) is 4.18. The van der Waals surface area contributed by atoms with Crippen molar-refractivity contribution in [3.05, 3.63) is 35.7 Å². The van der Waals surface area contributed by atoms with Crippen LogP contribution in [-0.4, -0.2) is 5.60 Å². The van der Waals surface area contributed by atoms with E-state index >= 15 is 0 Å². The van der Waals surface area contributed by atoms with Gasteiger partial charge in [-0.2, -0.15) is 0 Å². The molecule has 1 aromatic rings. The Morgan fingerprint density at radius 3 is 2.00 bits per heavy atom. The SMILES string of the molecule is C.[C-]#[N+]c1ccc(OC(C)(C)C)cc1. The van der Waals surface area contributed by atoms with Crippen molar-refractivity contribution in [2.75, 3.05) is 0 Å². The quantitative estimate of drug-likeness (QED) is 0.610. The van der Waals surface area contributed by atoms with E-state index in [4.69, 9.17) is 11.3 Å². The summed E-state index contributed by atoms with van der Waals surface area (Å²) in [5.41, 5.74) is 0.459. The molecule has 14 heavy (non-hydrogen) atoms. The molecule has 0 aliphatic rings. The molecule has 2 nitrogen and oxygen atoms in total. The first-order valence-electron chi connectivity index (χ1n) is 4.18. The second kappa shape index (κ2) is 4.66.